The average molecular weight is 565 g/mol. The van der Waals surface area contributed by atoms with Crippen LogP contribution in [0.15, 0.2) is 0 Å². The maximum absolute atomic E-state index is 11.4. The van der Waals surface area contributed by atoms with Crippen molar-refractivity contribution < 1.29 is 61.7 Å². The Kier molecular flexibility index (Phi) is 11.2. The van der Waals surface area contributed by atoms with Crippen LogP contribution in [0.2, 0.25) is 0 Å². The van der Waals surface area contributed by atoms with Gasteiger partial charge in [0.25, 0.3) is 36.2 Å². The highest BCUT2D eigenvalue weighted by Crippen LogP contribution is 2.22. The number of aliphatic hydroxyl groups is 1. The highest BCUT2D eigenvalue weighted by molar-refractivity contribution is 8.27. The standard InChI is InChI=1S/C6H12O14S8/c7-1-3(17-25(9,10)21)5(19-27(13,14)23)6(20-28(15,16)24)4(2-8)18-26(11,12)22/h1,3-6,8H,2H2,(H,9,10,21)(H,11,12,22)(H,13,14,23)(H,15,16,24)/t3-,4+,5+,6+/m0/s1. The van der Waals surface area contributed by atoms with Crippen molar-refractivity contribution in [3.63, 3.8) is 0 Å². The molecule has 0 spiro atoms. The molecule has 4 unspecified atom stereocenters. The molecule has 14 nitrogen and oxygen atoms in total. The zero-order chi connectivity index (χ0) is 22.6. The van der Waals surface area contributed by atoms with Gasteiger partial charge in [-0.25, -0.2) is 0 Å². The number of carbonyl (C=O) groups excluding carboxylic acids is 1. The van der Waals surface area contributed by atoms with E-state index in [1.54, 1.807) is 0 Å². The molecule has 0 aromatic heterocycles. The molecule has 0 saturated heterocycles. The molecule has 0 aliphatic carbocycles. The van der Waals surface area contributed by atoms with Gasteiger partial charge in [0.05, 0.1) is 6.61 Å². The van der Waals surface area contributed by atoms with Crippen LogP contribution < -0.4 is 0 Å². The maximum Gasteiger partial charge on any atom is 0.267 e. The summed E-state index contributed by atoms with van der Waals surface area (Å²) >= 11 is 16.1. The van der Waals surface area contributed by atoms with E-state index in [1.807, 2.05) is 0 Å². The van der Waals surface area contributed by atoms with E-state index in [9.17, 15) is 35.8 Å². The van der Waals surface area contributed by atoms with Crippen molar-refractivity contribution in [2.24, 2.45) is 0 Å². The van der Waals surface area contributed by atoms with E-state index in [0.717, 1.165) is 0 Å². The summed E-state index contributed by atoms with van der Waals surface area (Å²) in [6, 6.07) is 0. The molecule has 0 aromatic rings. The van der Waals surface area contributed by atoms with Gasteiger partial charge in [-0.3, -0.25) is 34.9 Å². The predicted octanol–water partition coefficient (Wildman–Crippen LogP) is -2.74. The molecule has 0 aliphatic heterocycles. The molecule has 0 saturated carbocycles. The van der Waals surface area contributed by atoms with E-state index >= 15 is 0 Å². The third-order valence-corrected chi connectivity index (χ3v) is 5.10. The van der Waals surface area contributed by atoms with E-state index in [0.29, 0.717) is 0 Å². The quantitative estimate of drug-likeness (QED) is 0.143. The van der Waals surface area contributed by atoms with Gasteiger partial charge in [-0.1, -0.05) is 0 Å². The van der Waals surface area contributed by atoms with Crippen LogP contribution in [0.3, 0.4) is 0 Å². The van der Waals surface area contributed by atoms with E-state index < -0.39 is 67.2 Å². The first-order valence-electron chi connectivity index (χ1n) is 5.97. The van der Waals surface area contributed by atoms with Crippen LogP contribution in [0.25, 0.3) is 0 Å². The first kappa shape index (κ1) is 28.8. The lowest BCUT2D eigenvalue weighted by Crippen LogP contribution is -2.53. The molecule has 0 amide bonds. The molecule has 0 radical (unpaired) electrons. The normalized spacial score (nSPS) is 25.0. The van der Waals surface area contributed by atoms with E-state index in [-0.39, 0.29) is 6.29 Å². The maximum atomic E-state index is 11.4. The van der Waals surface area contributed by atoms with Crippen LogP contribution >= 0.6 is 0 Å². The summed E-state index contributed by atoms with van der Waals surface area (Å²) in [4.78, 5) is 11.2. The van der Waals surface area contributed by atoms with Crippen LogP contribution in [0.1, 0.15) is 0 Å². The van der Waals surface area contributed by atoms with Crippen LogP contribution in [0.4, 0.5) is 0 Å². The SMILES string of the molecule is O=C[C@H](OS(=O)(O)=S)[C@@H](OS(=O)(O)=S)[C@H](OS(=O)(O)=S)[C@@H](CO)OS(=O)(O)=S. The second kappa shape index (κ2) is 10.9. The molecule has 28 heavy (non-hydrogen) atoms. The van der Waals surface area contributed by atoms with Gasteiger partial charge in [0, 0.05) is 44.8 Å². The smallest absolute Gasteiger partial charge is 0.267 e. The summed E-state index contributed by atoms with van der Waals surface area (Å²) in [5, 5.41) is 9.32. The lowest BCUT2D eigenvalue weighted by Gasteiger charge is -2.32. The summed E-state index contributed by atoms with van der Waals surface area (Å²) in [5.41, 5.74) is 0. The van der Waals surface area contributed by atoms with Crippen LogP contribution in [0.5, 0.6) is 0 Å². The minimum absolute atomic E-state index is 0.315. The molecule has 0 rings (SSSR count). The Morgan fingerprint density at radius 3 is 1.36 bits per heavy atom. The number of hydrogen-bond donors (Lipinski definition) is 5. The summed E-state index contributed by atoms with van der Waals surface area (Å²) in [6.07, 6.45) is -9.89. The third kappa shape index (κ3) is 13.2. The topological polar surface area (TPSA) is 223 Å². The largest absolute Gasteiger partial charge is 0.394 e. The Morgan fingerprint density at radius 2 is 1.07 bits per heavy atom. The fourth-order valence-corrected chi connectivity index (χ4v) is 4.60. The first-order chi connectivity index (χ1) is 12.3. The molecule has 22 heteroatoms. The highest BCUT2D eigenvalue weighted by Gasteiger charge is 2.44. The Hall–Kier alpha value is 0.790. The molecule has 168 valence electrons. The fourth-order valence-electron chi connectivity index (χ4n) is 1.55. The van der Waals surface area contributed by atoms with Crippen molar-refractivity contribution >= 4 is 87.3 Å². The third-order valence-electron chi connectivity index (χ3n) is 2.27. The Balaban J connectivity index is 6.51. The lowest BCUT2D eigenvalue weighted by atomic mass is 10.0. The van der Waals surface area contributed by atoms with Gasteiger partial charge in [0.1, 0.15) is 18.3 Å². The van der Waals surface area contributed by atoms with E-state index in [2.05, 4.69) is 61.5 Å². The number of carbonyl (C=O) groups is 1. The van der Waals surface area contributed by atoms with Crippen LogP contribution in [-0.2, 0) is 102 Å². The Labute approximate surface area is 179 Å². The van der Waals surface area contributed by atoms with Crippen LogP contribution in [0, 0.1) is 0 Å². The van der Waals surface area contributed by atoms with Crippen molar-refractivity contribution in [2.75, 3.05) is 6.61 Å². The average Bonchev–Trinajstić information content (AvgIpc) is 2.42. The molecule has 8 atom stereocenters. The van der Waals surface area contributed by atoms with Crippen molar-refractivity contribution in [3.8, 4) is 0 Å². The van der Waals surface area contributed by atoms with Crippen molar-refractivity contribution in [2.45, 2.75) is 24.4 Å². The Bertz CT molecular complexity index is 947. The number of aliphatic hydroxyl groups excluding tert-OH is 1. The van der Waals surface area contributed by atoms with Gasteiger partial charge in [-0.15, -0.1) is 0 Å². The first-order valence-corrected chi connectivity index (χ1v) is 15.4. The molecule has 0 heterocycles. The summed E-state index contributed by atoms with van der Waals surface area (Å²) < 4.78 is 99.3. The van der Waals surface area contributed by atoms with E-state index in [4.69, 9.17) is 9.11 Å². The Morgan fingerprint density at radius 1 is 0.714 bits per heavy atom. The second-order valence-corrected chi connectivity index (χ2v) is 13.6. The lowest BCUT2D eigenvalue weighted by molar-refractivity contribution is -0.124. The number of aldehydes is 1. The van der Waals surface area contributed by atoms with Crippen molar-refractivity contribution in [1.29, 1.82) is 0 Å². The molecular weight excluding hydrogens is 553 g/mol. The molecule has 0 fully saturated rings. The van der Waals surface area contributed by atoms with Gasteiger partial charge in [0.15, 0.2) is 12.4 Å². The molecule has 0 aromatic carbocycles. The molecule has 0 aliphatic rings. The predicted molar refractivity (Wildman–Crippen MR) is 105 cm³/mol. The van der Waals surface area contributed by atoms with Gasteiger partial charge < -0.3 is 9.90 Å². The summed E-state index contributed by atoms with van der Waals surface area (Å²) in [7, 11) is -18.6. The van der Waals surface area contributed by atoms with Crippen molar-refractivity contribution in [1.82, 2.24) is 0 Å². The van der Waals surface area contributed by atoms with Gasteiger partial charge in [-0.05, 0) is 0 Å². The minimum Gasteiger partial charge on any atom is -0.394 e. The monoisotopic (exact) mass is 564 g/mol. The molecule has 0 bridgehead atoms. The van der Waals surface area contributed by atoms with Gasteiger partial charge >= 0.3 is 0 Å². The fraction of sp³-hybridized carbons (Fsp3) is 0.833. The van der Waals surface area contributed by atoms with Gasteiger partial charge in [-0.2, -0.15) is 16.8 Å². The minimum atomic E-state index is -4.72. The highest BCUT2D eigenvalue weighted by atomic mass is 32.9. The zero-order valence-electron chi connectivity index (χ0n) is 12.8. The van der Waals surface area contributed by atoms with E-state index in [1.165, 1.54) is 0 Å². The number of rotatable bonds is 13. The number of hydrogen-bond acceptors (Lipinski definition) is 14. The summed E-state index contributed by atoms with van der Waals surface area (Å²) in [6.45, 7) is -1.33. The zero-order valence-corrected chi connectivity index (χ0v) is 19.3. The molecular formula is C6H12O14S8. The van der Waals surface area contributed by atoms with Crippen LogP contribution in [-0.4, -0.2) is 77.5 Å². The van der Waals surface area contributed by atoms with Crippen molar-refractivity contribution in [3.05, 3.63) is 0 Å². The van der Waals surface area contributed by atoms with Gasteiger partial charge in [0.2, 0.25) is 0 Å². The summed E-state index contributed by atoms with van der Waals surface area (Å²) in [5.74, 6) is 0. The molecule has 5 N–H and O–H groups in total. The second-order valence-electron chi connectivity index (χ2n) is 4.35.